The van der Waals surface area contributed by atoms with E-state index in [1.807, 2.05) is 12.1 Å². The molecule has 1 aromatic rings. The summed E-state index contributed by atoms with van der Waals surface area (Å²) in [6.45, 7) is 0. The Kier molecular flexibility index (Phi) is 2.44. The lowest BCUT2D eigenvalue weighted by Crippen LogP contribution is -2.29. The summed E-state index contributed by atoms with van der Waals surface area (Å²) < 4.78 is 5.29. The third-order valence-corrected chi connectivity index (χ3v) is 3.66. The van der Waals surface area contributed by atoms with Crippen molar-refractivity contribution < 1.29 is 9.53 Å². The molecule has 1 spiro atoms. The summed E-state index contributed by atoms with van der Waals surface area (Å²) in [4.78, 5) is 16.4. The van der Waals surface area contributed by atoms with Gasteiger partial charge < -0.3 is 4.74 Å². The average molecular weight is 250 g/mol. The molecule has 0 N–H and O–H groups in total. The predicted molar refractivity (Wildman–Crippen MR) is 65.3 cm³/mol. The molecule has 0 amide bonds. The Morgan fingerprint density at radius 1 is 1.18 bits per heavy atom. The van der Waals surface area contributed by atoms with E-state index in [-0.39, 0.29) is 5.97 Å². The third kappa shape index (κ3) is 1.75. The number of hydrogen-bond donors (Lipinski definition) is 0. The van der Waals surface area contributed by atoms with E-state index in [2.05, 4.69) is 4.99 Å². The second-order valence-electron chi connectivity index (χ2n) is 4.55. The number of nitrogens with zero attached hydrogens (tertiary/aromatic N) is 1. The Hall–Kier alpha value is -1.35. The molecule has 1 heterocycles. The number of aliphatic imine (C=N–C) groups is 1. The van der Waals surface area contributed by atoms with Crippen LogP contribution in [0.5, 0.6) is 0 Å². The Morgan fingerprint density at radius 2 is 1.82 bits per heavy atom. The van der Waals surface area contributed by atoms with Crippen molar-refractivity contribution in [2.24, 2.45) is 4.99 Å². The molecule has 0 atom stereocenters. The first-order valence-electron chi connectivity index (χ1n) is 5.78. The van der Waals surface area contributed by atoms with Crippen LogP contribution in [0.3, 0.4) is 0 Å². The van der Waals surface area contributed by atoms with E-state index in [0.717, 1.165) is 31.2 Å². The SMILES string of the molecule is O=C1OC(c2ccc(Cl)cc2)=NC12CCCC2. The number of halogens is 1. The van der Waals surface area contributed by atoms with Crippen molar-refractivity contribution in [2.75, 3.05) is 0 Å². The van der Waals surface area contributed by atoms with Crippen molar-refractivity contribution in [3.63, 3.8) is 0 Å². The maximum atomic E-state index is 11.9. The van der Waals surface area contributed by atoms with E-state index in [1.54, 1.807) is 12.1 Å². The third-order valence-electron chi connectivity index (χ3n) is 3.41. The van der Waals surface area contributed by atoms with E-state index in [9.17, 15) is 4.79 Å². The topological polar surface area (TPSA) is 38.7 Å². The molecule has 3 nitrogen and oxygen atoms in total. The van der Waals surface area contributed by atoms with Crippen molar-refractivity contribution in [3.8, 4) is 0 Å². The van der Waals surface area contributed by atoms with E-state index >= 15 is 0 Å². The molecular formula is C13H12ClNO2. The number of carbonyl (C=O) groups excluding carboxylic acids is 1. The highest BCUT2D eigenvalue weighted by Crippen LogP contribution is 2.38. The molecule has 17 heavy (non-hydrogen) atoms. The Morgan fingerprint density at radius 3 is 2.47 bits per heavy atom. The first kappa shape index (κ1) is 10.8. The number of rotatable bonds is 1. The van der Waals surface area contributed by atoms with Crippen molar-refractivity contribution in [1.82, 2.24) is 0 Å². The minimum Gasteiger partial charge on any atom is -0.405 e. The van der Waals surface area contributed by atoms with Crippen molar-refractivity contribution >= 4 is 23.5 Å². The lowest BCUT2D eigenvalue weighted by atomic mass is 10.00. The van der Waals surface area contributed by atoms with Crippen LogP contribution in [0.4, 0.5) is 0 Å². The van der Waals surface area contributed by atoms with Gasteiger partial charge in [-0.2, -0.15) is 0 Å². The average Bonchev–Trinajstić information content (AvgIpc) is 2.90. The molecular weight excluding hydrogens is 238 g/mol. The highest BCUT2D eigenvalue weighted by Gasteiger charge is 2.47. The quantitative estimate of drug-likeness (QED) is 0.718. The van der Waals surface area contributed by atoms with Crippen molar-refractivity contribution in [3.05, 3.63) is 34.9 Å². The Balaban J connectivity index is 1.95. The second kappa shape index (κ2) is 3.84. The molecule has 0 radical (unpaired) electrons. The van der Waals surface area contributed by atoms with E-state index in [1.165, 1.54) is 0 Å². The van der Waals surface area contributed by atoms with Crippen LogP contribution in [0, 0.1) is 0 Å². The van der Waals surface area contributed by atoms with Crippen LogP contribution in [0.2, 0.25) is 5.02 Å². The number of esters is 1. The van der Waals surface area contributed by atoms with Gasteiger partial charge in [0.25, 0.3) is 0 Å². The van der Waals surface area contributed by atoms with Crippen molar-refractivity contribution in [1.29, 1.82) is 0 Å². The van der Waals surface area contributed by atoms with Crippen LogP contribution in [0.1, 0.15) is 31.2 Å². The summed E-state index contributed by atoms with van der Waals surface area (Å²) >= 11 is 5.82. The largest absolute Gasteiger partial charge is 0.405 e. The predicted octanol–water partition coefficient (Wildman–Crippen LogP) is 2.96. The normalized spacial score (nSPS) is 21.7. The molecule has 3 rings (SSSR count). The van der Waals surface area contributed by atoms with Crippen LogP contribution in [0.25, 0.3) is 0 Å². The van der Waals surface area contributed by atoms with Gasteiger partial charge in [0.15, 0.2) is 5.54 Å². The number of ether oxygens (including phenoxy) is 1. The number of benzene rings is 1. The van der Waals surface area contributed by atoms with Gasteiger partial charge in [0, 0.05) is 10.6 Å². The van der Waals surface area contributed by atoms with Gasteiger partial charge in [-0.15, -0.1) is 0 Å². The van der Waals surface area contributed by atoms with Gasteiger partial charge in [-0.1, -0.05) is 24.4 Å². The molecule has 1 fully saturated rings. The maximum absolute atomic E-state index is 11.9. The molecule has 1 aromatic carbocycles. The summed E-state index contributed by atoms with van der Waals surface area (Å²) in [5.74, 6) is 0.244. The van der Waals surface area contributed by atoms with Gasteiger partial charge >= 0.3 is 5.97 Å². The highest BCUT2D eigenvalue weighted by molar-refractivity contribution is 6.30. The fraction of sp³-hybridized carbons (Fsp3) is 0.385. The molecule has 0 bridgehead atoms. The van der Waals surface area contributed by atoms with Crippen LogP contribution >= 0.6 is 11.6 Å². The van der Waals surface area contributed by atoms with E-state index < -0.39 is 5.54 Å². The molecule has 1 aliphatic carbocycles. The Bertz CT molecular complexity index is 487. The molecule has 0 unspecified atom stereocenters. The smallest absolute Gasteiger partial charge is 0.340 e. The van der Waals surface area contributed by atoms with Gasteiger partial charge in [-0.3, -0.25) is 0 Å². The summed E-state index contributed by atoms with van der Waals surface area (Å²) in [5.41, 5.74) is 0.223. The zero-order valence-electron chi connectivity index (χ0n) is 9.28. The fourth-order valence-electron chi connectivity index (χ4n) is 2.44. The molecule has 0 aromatic heterocycles. The number of cyclic esters (lactones) is 1. The molecule has 1 saturated carbocycles. The van der Waals surface area contributed by atoms with Crippen molar-refractivity contribution in [2.45, 2.75) is 31.2 Å². The molecule has 0 saturated heterocycles. The summed E-state index contributed by atoms with van der Waals surface area (Å²) in [7, 11) is 0. The fourth-order valence-corrected chi connectivity index (χ4v) is 2.56. The zero-order valence-corrected chi connectivity index (χ0v) is 10.0. The minimum atomic E-state index is -0.588. The maximum Gasteiger partial charge on any atom is 0.340 e. The zero-order chi connectivity index (χ0) is 11.9. The minimum absolute atomic E-state index is 0.194. The first-order valence-corrected chi connectivity index (χ1v) is 6.16. The monoisotopic (exact) mass is 249 g/mol. The van der Waals surface area contributed by atoms with Crippen LogP contribution < -0.4 is 0 Å². The molecule has 1 aliphatic heterocycles. The second-order valence-corrected chi connectivity index (χ2v) is 4.99. The van der Waals surface area contributed by atoms with Crippen LogP contribution in [-0.4, -0.2) is 17.4 Å². The lowest BCUT2D eigenvalue weighted by Gasteiger charge is -2.12. The standard InChI is InChI=1S/C13H12ClNO2/c14-10-5-3-9(4-6-10)11-15-13(12(16)17-11)7-1-2-8-13/h3-6H,1-2,7-8H2. The molecule has 88 valence electrons. The number of carbonyl (C=O) groups is 1. The molecule has 2 aliphatic rings. The van der Waals surface area contributed by atoms with Gasteiger partial charge in [-0.25, -0.2) is 9.79 Å². The molecule has 4 heteroatoms. The van der Waals surface area contributed by atoms with Gasteiger partial charge in [0.05, 0.1) is 0 Å². The van der Waals surface area contributed by atoms with Crippen LogP contribution in [-0.2, 0) is 9.53 Å². The summed E-state index contributed by atoms with van der Waals surface area (Å²) in [5, 5.41) is 0.661. The van der Waals surface area contributed by atoms with Gasteiger partial charge in [0.1, 0.15) is 0 Å². The first-order chi connectivity index (χ1) is 8.20. The Labute approximate surface area is 104 Å². The number of hydrogen-bond acceptors (Lipinski definition) is 3. The van der Waals surface area contributed by atoms with Gasteiger partial charge in [0.2, 0.25) is 5.90 Å². The highest BCUT2D eigenvalue weighted by atomic mass is 35.5. The van der Waals surface area contributed by atoms with Gasteiger partial charge in [-0.05, 0) is 37.1 Å². The van der Waals surface area contributed by atoms with Crippen LogP contribution in [0.15, 0.2) is 29.3 Å². The van der Waals surface area contributed by atoms with E-state index in [0.29, 0.717) is 10.9 Å². The summed E-state index contributed by atoms with van der Waals surface area (Å²) in [6, 6.07) is 7.19. The van der Waals surface area contributed by atoms with E-state index in [4.69, 9.17) is 16.3 Å². The summed E-state index contributed by atoms with van der Waals surface area (Å²) in [6.07, 6.45) is 3.71. The lowest BCUT2D eigenvalue weighted by molar-refractivity contribution is -0.138.